The minimum atomic E-state index is -0.539. The van der Waals surface area contributed by atoms with E-state index in [4.69, 9.17) is 14.6 Å². The number of aliphatic hydroxyl groups excluding tert-OH is 1. The number of nitrogens with one attached hydrogen (secondary N) is 1. The Morgan fingerprint density at radius 1 is 1.20 bits per heavy atom. The van der Waals surface area contributed by atoms with Crippen LogP contribution in [-0.2, 0) is 9.47 Å². The van der Waals surface area contributed by atoms with Gasteiger partial charge in [-0.1, -0.05) is 24.3 Å². The van der Waals surface area contributed by atoms with Gasteiger partial charge in [0.25, 0.3) is 5.91 Å². The fourth-order valence-corrected chi connectivity index (χ4v) is 3.12. The summed E-state index contributed by atoms with van der Waals surface area (Å²) >= 11 is 0. The fourth-order valence-electron chi connectivity index (χ4n) is 3.12. The molecule has 0 aliphatic carbocycles. The first-order chi connectivity index (χ1) is 12.1. The van der Waals surface area contributed by atoms with E-state index in [9.17, 15) is 9.90 Å². The third-order valence-electron chi connectivity index (χ3n) is 4.58. The summed E-state index contributed by atoms with van der Waals surface area (Å²) in [6, 6.07) is 10.8. The third-order valence-corrected chi connectivity index (χ3v) is 4.58. The van der Waals surface area contributed by atoms with Crippen molar-refractivity contribution in [2.75, 3.05) is 33.0 Å². The lowest BCUT2D eigenvalue weighted by Gasteiger charge is -2.37. The minimum Gasteiger partial charge on any atom is -0.507 e. The Balaban J connectivity index is 1.73. The van der Waals surface area contributed by atoms with Gasteiger partial charge >= 0.3 is 0 Å². The van der Waals surface area contributed by atoms with E-state index in [1.807, 2.05) is 24.3 Å². The highest BCUT2D eigenvalue weighted by molar-refractivity contribution is 6.01. The van der Waals surface area contributed by atoms with Crippen molar-refractivity contribution in [3.63, 3.8) is 0 Å². The maximum absolute atomic E-state index is 12.6. The molecule has 0 unspecified atom stereocenters. The number of rotatable bonds is 6. The largest absolute Gasteiger partial charge is 0.507 e. The molecule has 3 N–H and O–H groups in total. The van der Waals surface area contributed by atoms with Gasteiger partial charge in [-0.25, -0.2) is 0 Å². The zero-order chi connectivity index (χ0) is 17.7. The predicted octanol–water partition coefficient (Wildman–Crippen LogP) is 1.83. The van der Waals surface area contributed by atoms with Crippen LogP contribution in [0.15, 0.2) is 36.4 Å². The molecule has 0 aromatic heterocycles. The predicted molar refractivity (Wildman–Crippen MR) is 93.8 cm³/mol. The number of carbonyl (C=O) groups is 1. The number of ether oxygens (including phenoxy) is 2. The Morgan fingerprint density at radius 3 is 2.56 bits per heavy atom. The van der Waals surface area contributed by atoms with E-state index in [2.05, 4.69) is 5.32 Å². The topological polar surface area (TPSA) is 88.0 Å². The van der Waals surface area contributed by atoms with Crippen LogP contribution in [0.3, 0.4) is 0 Å². The van der Waals surface area contributed by atoms with Crippen molar-refractivity contribution in [2.24, 2.45) is 0 Å². The van der Waals surface area contributed by atoms with Gasteiger partial charge in [-0.15, -0.1) is 0 Å². The van der Waals surface area contributed by atoms with Crippen molar-refractivity contribution in [3.05, 3.63) is 42.0 Å². The number of phenolic OH excluding ortho intramolecular Hbond substituents is 1. The van der Waals surface area contributed by atoms with Crippen molar-refractivity contribution in [2.45, 2.75) is 18.4 Å². The first-order valence-electron chi connectivity index (χ1n) is 8.46. The number of aliphatic hydroxyl groups is 1. The standard InChI is InChI=1S/C19H23NO5/c21-7-10-25-19(5-8-24-9-6-19)13-20-18(23)16-11-14-3-1-2-4-15(14)12-17(16)22/h1-4,11-12,21-22H,5-10,13H2,(H,20,23). The van der Waals surface area contributed by atoms with E-state index in [0.29, 0.717) is 32.6 Å². The SMILES string of the molecule is O=C(NCC1(OCCO)CCOCC1)c1cc2ccccc2cc1O. The Morgan fingerprint density at radius 2 is 1.88 bits per heavy atom. The number of hydrogen-bond donors (Lipinski definition) is 3. The van der Waals surface area contributed by atoms with Crippen LogP contribution >= 0.6 is 0 Å². The van der Waals surface area contributed by atoms with E-state index in [-0.39, 0.29) is 30.4 Å². The lowest BCUT2D eigenvalue weighted by atomic mass is 9.93. The van der Waals surface area contributed by atoms with Crippen molar-refractivity contribution in [1.82, 2.24) is 5.32 Å². The highest BCUT2D eigenvalue weighted by atomic mass is 16.5. The van der Waals surface area contributed by atoms with Crippen LogP contribution in [0.5, 0.6) is 5.75 Å². The van der Waals surface area contributed by atoms with Gasteiger partial charge < -0.3 is 25.0 Å². The molecule has 0 spiro atoms. The van der Waals surface area contributed by atoms with Crippen molar-refractivity contribution in [3.8, 4) is 5.75 Å². The van der Waals surface area contributed by atoms with E-state index >= 15 is 0 Å². The van der Waals surface area contributed by atoms with E-state index < -0.39 is 5.60 Å². The summed E-state index contributed by atoms with van der Waals surface area (Å²) in [5.41, 5.74) is -0.300. The van der Waals surface area contributed by atoms with Gasteiger partial charge in [-0.2, -0.15) is 0 Å². The number of phenols is 1. The molecule has 6 nitrogen and oxygen atoms in total. The summed E-state index contributed by atoms with van der Waals surface area (Å²) in [5.74, 6) is -0.393. The maximum Gasteiger partial charge on any atom is 0.255 e. The van der Waals surface area contributed by atoms with Crippen LogP contribution in [0.2, 0.25) is 0 Å². The number of benzene rings is 2. The first kappa shape index (κ1) is 17.7. The van der Waals surface area contributed by atoms with Gasteiger partial charge in [-0.05, 0) is 22.9 Å². The first-order valence-corrected chi connectivity index (χ1v) is 8.46. The molecule has 0 saturated carbocycles. The molecule has 1 amide bonds. The van der Waals surface area contributed by atoms with Crippen LogP contribution in [0.25, 0.3) is 10.8 Å². The second-order valence-electron chi connectivity index (χ2n) is 6.27. The Labute approximate surface area is 146 Å². The quantitative estimate of drug-likeness (QED) is 0.743. The molecule has 1 aliphatic heterocycles. The zero-order valence-corrected chi connectivity index (χ0v) is 14.0. The molecule has 3 rings (SSSR count). The molecule has 1 fully saturated rings. The highest BCUT2D eigenvalue weighted by Crippen LogP contribution is 2.27. The number of aromatic hydroxyl groups is 1. The monoisotopic (exact) mass is 345 g/mol. The van der Waals surface area contributed by atoms with Crippen molar-refractivity contribution >= 4 is 16.7 Å². The molecule has 6 heteroatoms. The van der Waals surface area contributed by atoms with Gasteiger partial charge in [-0.3, -0.25) is 4.79 Å². The van der Waals surface area contributed by atoms with Gasteiger partial charge in [0.05, 0.1) is 24.4 Å². The number of fused-ring (bicyclic) bond motifs is 1. The van der Waals surface area contributed by atoms with Crippen LogP contribution in [0.1, 0.15) is 23.2 Å². The van der Waals surface area contributed by atoms with Gasteiger partial charge in [0.2, 0.25) is 0 Å². The molecule has 0 atom stereocenters. The molecule has 2 aromatic rings. The zero-order valence-electron chi connectivity index (χ0n) is 14.0. The molecule has 134 valence electrons. The lowest BCUT2D eigenvalue weighted by Crippen LogP contribution is -2.49. The summed E-state index contributed by atoms with van der Waals surface area (Å²) < 4.78 is 11.2. The minimum absolute atomic E-state index is 0.0477. The summed E-state index contributed by atoms with van der Waals surface area (Å²) in [6.45, 7) is 1.58. The number of hydrogen-bond acceptors (Lipinski definition) is 5. The number of carbonyl (C=O) groups excluding carboxylic acids is 1. The Kier molecular flexibility index (Phi) is 5.53. The van der Waals surface area contributed by atoms with E-state index in [0.717, 1.165) is 10.8 Å². The average Bonchev–Trinajstić information content (AvgIpc) is 2.65. The van der Waals surface area contributed by atoms with Crippen LogP contribution < -0.4 is 5.32 Å². The molecule has 1 saturated heterocycles. The summed E-state index contributed by atoms with van der Waals surface area (Å²) in [5, 5.41) is 23.8. The fraction of sp³-hybridized carbons (Fsp3) is 0.421. The lowest BCUT2D eigenvalue weighted by molar-refractivity contribution is -0.114. The number of amides is 1. The molecule has 0 bridgehead atoms. The summed E-state index contributed by atoms with van der Waals surface area (Å²) in [6.07, 6.45) is 1.30. The smallest absolute Gasteiger partial charge is 0.255 e. The third kappa shape index (κ3) is 4.10. The van der Waals surface area contributed by atoms with Gasteiger partial charge in [0.15, 0.2) is 0 Å². The van der Waals surface area contributed by atoms with Crippen LogP contribution in [0, 0.1) is 0 Å². The summed E-state index contributed by atoms with van der Waals surface area (Å²) in [4.78, 5) is 12.6. The summed E-state index contributed by atoms with van der Waals surface area (Å²) in [7, 11) is 0. The van der Waals surface area contributed by atoms with E-state index in [1.165, 1.54) is 0 Å². The van der Waals surface area contributed by atoms with Crippen LogP contribution in [0.4, 0.5) is 0 Å². The Hall–Kier alpha value is -2.15. The van der Waals surface area contributed by atoms with Gasteiger partial charge in [0, 0.05) is 32.6 Å². The molecule has 0 radical (unpaired) electrons. The second kappa shape index (κ2) is 7.82. The van der Waals surface area contributed by atoms with Crippen molar-refractivity contribution < 1.29 is 24.5 Å². The van der Waals surface area contributed by atoms with Crippen molar-refractivity contribution in [1.29, 1.82) is 0 Å². The molecular formula is C19H23NO5. The maximum atomic E-state index is 12.6. The average molecular weight is 345 g/mol. The molecule has 1 heterocycles. The molecule has 1 aliphatic rings. The Bertz CT molecular complexity index is 740. The molecular weight excluding hydrogens is 322 g/mol. The van der Waals surface area contributed by atoms with E-state index in [1.54, 1.807) is 12.1 Å². The van der Waals surface area contributed by atoms with Gasteiger partial charge in [0.1, 0.15) is 5.75 Å². The second-order valence-corrected chi connectivity index (χ2v) is 6.27. The molecule has 25 heavy (non-hydrogen) atoms. The normalized spacial score (nSPS) is 16.7. The van der Waals surface area contributed by atoms with Crippen LogP contribution in [-0.4, -0.2) is 54.7 Å². The highest BCUT2D eigenvalue weighted by Gasteiger charge is 2.34. The molecule has 2 aromatic carbocycles.